The summed E-state index contributed by atoms with van der Waals surface area (Å²) in [7, 11) is 0. The monoisotopic (exact) mass is 402 g/mol. The van der Waals surface area contributed by atoms with Crippen LogP contribution in [0.3, 0.4) is 0 Å². The van der Waals surface area contributed by atoms with Gasteiger partial charge in [-0.2, -0.15) is 0 Å². The molecule has 29 heavy (non-hydrogen) atoms. The summed E-state index contributed by atoms with van der Waals surface area (Å²) >= 11 is 0. The first kappa shape index (κ1) is 21.1. The molecule has 2 N–H and O–H groups in total. The van der Waals surface area contributed by atoms with Crippen LogP contribution in [0.25, 0.3) is 0 Å². The minimum Gasteiger partial charge on any atom is -0.481 e. The lowest BCUT2D eigenvalue weighted by Gasteiger charge is -2.60. The fraction of sp³-hybridized carbons (Fsp3) is 0.840. The molecule has 0 aromatic rings. The van der Waals surface area contributed by atoms with Gasteiger partial charge in [0.15, 0.2) is 5.78 Å². The summed E-state index contributed by atoms with van der Waals surface area (Å²) in [4.78, 5) is 24.6. The highest BCUT2D eigenvalue weighted by Gasteiger charge is 2.63. The largest absolute Gasteiger partial charge is 0.481 e. The van der Waals surface area contributed by atoms with Crippen molar-refractivity contribution < 1.29 is 19.8 Å². The molecule has 0 radical (unpaired) electrons. The summed E-state index contributed by atoms with van der Waals surface area (Å²) in [6.45, 7) is 11.2. The molecule has 9 atom stereocenters. The maximum atomic E-state index is 13.6. The minimum atomic E-state index is -0.711. The molecule has 4 nitrogen and oxygen atoms in total. The van der Waals surface area contributed by atoms with Crippen LogP contribution in [-0.2, 0) is 9.59 Å². The molecule has 4 saturated carbocycles. The van der Waals surface area contributed by atoms with E-state index in [9.17, 15) is 14.7 Å². The molecule has 0 aromatic heterocycles. The number of rotatable bonds is 4. The molecule has 162 valence electrons. The number of carbonyl (C=O) groups excluding carboxylic acids is 1. The summed E-state index contributed by atoms with van der Waals surface area (Å²) < 4.78 is 0. The quantitative estimate of drug-likeness (QED) is 0.659. The predicted molar refractivity (Wildman–Crippen MR) is 112 cm³/mol. The van der Waals surface area contributed by atoms with Crippen LogP contribution in [0, 0.1) is 46.3 Å². The second kappa shape index (κ2) is 7.21. The Kier molecular flexibility index (Phi) is 5.25. The molecule has 3 unspecified atom stereocenters. The van der Waals surface area contributed by atoms with E-state index in [1.54, 1.807) is 0 Å². The number of hydrogen-bond acceptors (Lipinski definition) is 3. The second-order valence-corrected chi connectivity index (χ2v) is 11.3. The Morgan fingerprint density at radius 3 is 2.48 bits per heavy atom. The number of allylic oxidation sites excluding steroid dienone is 1. The average molecular weight is 403 g/mol. The lowest BCUT2D eigenvalue weighted by Crippen LogP contribution is -2.58. The Bertz CT molecular complexity index is 714. The molecule has 0 spiro atoms. The van der Waals surface area contributed by atoms with Gasteiger partial charge in [-0.05, 0) is 97.4 Å². The van der Waals surface area contributed by atoms with Crippen LogP contribution in [-0.4, -0.2) is 28.1 Å². The SMILES string of the molecule is C=C1C(=O)C2C3CC[C@H]([C@H](C)CCC(=O)O)[C@@]3(C)CCC2[C@@]2(C)CC[C@@H](O)C[C@@H]12. The molecule has 0 amide bonds. The summed E-state index contributed by atoms with van der Waals surface area (Å²) in [5.41, 5.74) is 0.995. The molecule has 4 rings (SSSR count). The Morgan fingerprint density at radius 2 is 1.79 bits per heavy atom. The van der Waals surface area contributed by atoms with Gasteiger partial charge in [-0.15, -0.1) is 0 Å². The number of hydrogen-bond donors (Lipinski definition) is 2. The van der Waals surface area contributed by atoms with E-state index in [1.807, 2.05) is 0 Å². The molecular formula is C25H38O4. The summed E-state index contributed by atoms with van der Waals surface area (Å²) in [5, 5.41) is 19.4. The third-order valence-electron chi connectivity index (χ3n) is 10.1. The molecule has 4 fully saturated rings. The molecule has 0 heterocycles. The van der Waals surface area contributed by atoms with Crippen molar-refractivity contribution in [2.45, 2.75) is 84.7 Å². The van der Waals surface area contributed by atoms with E-state index in [4.69, 9.17) is 5.11 Å². The van der Waals surface area contributed by atoms with Crippen LogP contribution >= 0.6 is 0 Å². The van der Waals surface area contributed by atoms with Crippen LogP contribution < -0.4 is 0 Å². The van der Waals surface area contributed by atoms with E-state index in [2.05, 4.69) is 27.4 Å². The minimum absolute atomic E-state index is 0.0782. The zero-order valence-electron chi connectivity index (χ0n) is 18.3. The molecule has 0 bridgehead atoms. The normalized spacial score (nSPS) is 47.9. The van der Waals surface area contributed by atoms with Crippen molar-refractivity contribution in [3.05, 3.63) is 12.2 Å². The Labute approximate surface area is 175 Å². The van der Waals surface area contributed by atoms with Crippen molar-refractivity contribution in [1.82, 2.24) is 0 Å². The topological polar surface area (TPSA) is 74.6 Å². The number of carbonyl (C=O) groups is 2. The Morgan fingerprint density at radius 1 is 1.14 bits per heavy atom. The number of ketones is 1. The number of aliphatic hydroxyl groups is 1. The molecule has 0 saturated heterocycles. The van der Waals surface area contributed by atoms with Gasteiger partial charge < -0.3 is 10.2 Å². The standard InChI is InChI=1S/C25H38O4/c1-14(5-8-21(27)28)17-6-7-18-22-19(10-12-24(17,18)3)25(4)11-9-16(26)13-20(25)15(2)23(22)29/h14,16-20,22,26H,2,5-13H2,1,3-4H3,(H,27,28)/t14-,16-,17-,18?,19?,20+,22?,24-,25-/m1/s1. The van der Waals surface area contributed by atoms with E-state index < -0.39 is 5.97 Å². The van der Waals surface area contributed by atoms with Crippen molar-refractivity contribution in [2.75, 3.05) is 0 Å². The second-order valence-electron chi connectivity index (χ2n) is 11.3. The smallest absolute Gasteiger partial charge is 0.303 e. The molecule has 4 heteroatoms. The first-order valence-corrected chi connectivity index (χ1v) is 11.7. The molecule has 0 aliphatic heterocycles. The molecule has 4 aliphatic carbocycles. The van der Waals surface area contributed by atoms with Crippen molar-refractivity contribution >= 4 is 11.8 Å². The van der Waals surface area contributed by atoms with Gasteiger partial charge in [-0.1, -0.05) is 27.4 Å². The lowest BCUT2D eigenvalue weighted by molar-refractivity contribution is -0.149. The third-order valence-corrected chi connectivity index (χ3v) is 10.1. The van der Waals surface area contributed by atoms with Crippen LogP contribution in [0.15, 0.2) is 12.2 Å². The van der Waals surface area contributed by atoms with E-state index in [0.29, 0.717) is 30.1 Å². The van der Waals surface area contributed by atoms with Crippen molar-refractivity contribution in [2.24, 2.45) is 46.3 Å². The van der Waals surface area contributed by atoms with Gasteiger partial charge in [-0.25, -0.2) is 0 Å². The third kappa shape index (κ3) is 3.12. The fourth-order valence-corrected chi connectivity index (χ4v) is 8.45. The van der Waals surface area contributed by atoms with E-state index in [1.165, 1.54) is 0 Å². The molecule has 4 aliphatic rings. The number of fused-ring (bicyclic) bond motifs is 5. The van der Waals surface area contributed by atoms with Gasteiger partial charge in [0.05, 0.1) is 6.10 Å². The predicted octanol–water partition coefficient (Wildman–Crippen LogP) is 4.85. The van der Waals surface area contributed by atoms with Crippen molar-refractivity contribution in [3.8, 4) is 0 Å². The van der Waals surface area contributed by atoms with Crippen LogP contribution in [0.4, 0.5) is 0 Å². The fourth-order valence-electron chi connectivity index (χ4n) is 8.45. The first-order valence-electron chi connectivity index (χ1n) is 11.7. The summed E-state index contributed by atoms with van der Waals surface area (Å²) in [6.07, 6.45) is 7.63. The summed E-state index contributed by atoms with van der Waals surface area (Å²) in [6, 6.07) is 0. The van der Waals surface area contributed by atoms with Gasteiger partial charge in [0, 0.05) is 12.3 Å². The number of Topliss-reactive ketones (excluding diaryl/α,β-unsaturated/α-hetero) is 1. The van der Waals surface area contributed by atoms with Crippen molar-refractivity contribution in [1.29, 1.82) is 0 Å². The maximum absolute atomic E-state index is 13.6. The number of carboxylic acids is 1. The number of aliphatic carboxylic acids is 1. The van der Waals surface area contributed by atoms with Crippen LogP contribution in [0.2, 0.25) is 0 Å². The highest BCUT2D eigenvalue weighted by atomic mass is 16.4. The van der Waals surface area contributed by atoms with Gasteiger partial charge in [-0.3, -0.25) is 9.59 Å². The maximum Gasteiger partial charge on any atom is 0.303 e. The number of carboxylic acid groups (broad SMARTS) is 1. The summed E-state index contributed by atoms with van der Waals surface area (Å²) in [5.74, 6) is 1.47. The lowest BCUT2D eigenvalue weighted by atomic mass is 9.43. The zero-order valence-corrected chi connectivity index (χ0v) is 18.3. The Balaban J connectivity index is 1.61. The Hall–Kier alpha value is -1.16. The van der Waals surface area contributed by atoms with Gasteiger partial charge in [0.1, 0.15) is 0 Å². The average Bonchev–Trinajstić information content (AvgIpc) is 3.02. The first-order chi connectivity index (χ1) is 13.6. The zero-order chi connectivity index (χ0) is 21.1. The van der Waals surface area contributed by atoms with Crippen LogP contribution in [0.5, 0.6) is 0 Å². The van der Waals surface area contributed by atoms with Crippen molar-refractivity contribution in [3.63, 3.8) is 0 Å². The highest BCUT2D eigenvalue weighted by molar-refractivity contribution is 5.99. The van der Waals surface area contributed by atoms with Gasteiger partial charge >= 0.3 is 5.97 Å². The molecule has 0 aromatic carbocycles. The molecular weight excluding hydrogens is 364 g/mol. The van der Waals surface area contributed by atoms with Gasteiger partial charge in [0.2, 0.25) is 0 Å². The van der Waals surface area contributed by atoms with Crippen LogP contribution in [0.1, 0.15) is 78.6 Å². The highest BCUT2D eigenvalue weighted by Crippen LogP contribution is 2.68. The number of aliphatic hydroxyl groups excluding tert-OH is 1. The van der Waals surface area contributed by atoms with Gasteiger partial charge in [0.25, 0.3) is 0 Å². The van der Waals surface area contributed by atoms with E-state index in [0.717, 1.165) is 50.5 Å². The van der Waals surface area contributed by atoms with E-state index in [-0.39, 0.29) is 41.0 Å². The van der Waals surface area contributed by atoms with E-state index >= 15 is 0 Å².